The van der Waals surface area contributed by atoms with Crippen molar-refractivity contribution in [3.8, 4) is 5.82 Å². The number of anilines is 2. The fraction of sp³-hybridized carbons (Fsp3) is 0.435. The maximum Gasteiger partial charge on any atom is 0.228 e. The van der Waals surface area contributed by atoms with Crippen LogP contribution in [0.2, 0.25) is 0 Å². The third-order valence-electron chi connectivity index (χ3n) is 6.25. The summed E-state index contributed by atoms with van der Waals surface area (Å²) in [6, 6.07) is 6.03. The van der Waals surface area contributed by atoms with Gasteiger partial charge in [0.25, 0.3) is 0 Å². The van der Waals surface area contributed by atoms with E-state index in [2.05, 4.69) is 34.1 Å². The zero-order valence-corrected chi connectivity index (χ0v) is 18.1. The van der Waals surface area contributed by atoms with Gasteiger partial charge in [-0.3, -0.25) is 14.3 Å². The molecule has 3 aromatic rings. The number of pyridine rings is 1. The number of rotatable bonds is 6. The Morgan fingerprint density at radius 2 is 1.97 bits per heavy atom. The summed E-state index contributed by atoms with van der Waals surface area (Å²) in [6.07, 6.45) is 10.7. The molecule has 1 amide bonds. The number of hydrogen-bond donors (Lipinski definition) is 1. The van der Waals surface area contributed by atoms with Crippen molar-refractivity contribution in [1.82, 2.24) is 24.5 Å². The van der Waals surface area contributed by atoms with Crippen LogP contribution in [0.15, 0.2) is 43.1 Å². The minimum absolute atomic E-state index is 0.133. The molecule has 0 radical (unpaired) electrons. The molecule has 160 valence electrons. The number of carbonyl (C=O) groups excluding carboxylic acids is 1. The molecule has 1 aliphatic carbocycles. The molecule has 4 heterocycles. The van der Waals surface area contributed by atoms with Gasteiger partial charge in [-0.25, -0.2) is 15.0 Å². The Morgan fingerprint density at radius 1 is 1.13 bits per heavy atom. The quantitative estimate of drug-likeness (QED) is 0.659. The molecule has 1 saturated carbocycles. The summed E-state index contributed by atoms with van der Waals surface area (Å²) in [6.45, 7) is 6.32. The number of nitrogens with zero attached hydrogens (tertiary/aromatic N) is 6. The summed E-state index contributed by atoms with van der Waals surface area (Å²) in [5, 5.41) is 3.49. The number of hydrogen-bond acceptors (Lipinski definition) is 6. The highest BCUT2D eigenvalue weighted by molar-refractivity contribution is 5.95. The van der Waals surface area contributed by atoms with Crippen LogP contribution in [0.25, 0.3) is 5.82 Å². The number of imidazole rings is 1. The SMILES string of the molecule is Cc1ccc(-n2cnc(C3(Nc4nccc(N5C(=O)CC[C@@H]5C(C)C)n4)CC3)c2)nc1. The van der Waals surface area contributed by atoms with Crippen LogP contribution in [0.3, 0.4) is 0 Å². The summed E-state index contributed by atoms with van der Waals surface area (Å²) < 4.78 is 1.93. The second kappa shape index (κ2) is 7.44. The van der Waals surface area contributed by atoms with E-state index in [1.165, 1.54) is 0 Å². The van der Waals surface area contributed by atoms with Crippen molar-refractivity contribution < 1.29 is 4.79 Å². The highest BCUT2D eigenvalue weighted by Crippen LogP contribution is 2.47. The molecule has 31 heavy (non-hydrogen) atoms. The van der Waals surface area contributed by atoms with Crippen LogP contribution in [-0.4, -0.2) is 36.5 Å². The lowest BCUT2D eigenvalue weighted by Crippen LogP contribution is -2.37. The predicted molar refractivity (Wildman–Crippen MR) is 118 cm³/mol. The highest BCUT2D eigenvalue weighted by Gasteiger charge is 2.47. The third-order valence-corrected chi connectivity index (χ3v) is 6.25. The van der Waals surface area contributed by atoms with Crippen LogP contribution >= 0.6 is 0 Å². The average molecular weight is 418 g/mol. The van der Waals surface area contributed by atoms with Crippen LogP contribution in [0, 0.1) is 12.8 Å². The molecular weight excluding hydrogens is 390 g/mol. The Kier molecular flexibility index (Phi) is 4.72. The molecule has 0 unspecified atom stereocenters. The van der Waals surface area contributed by atoms with Crippen molar-refractivity contribution in [3.05, 3.63) is 54.4 Å². The van der Waals surface area contributed by atoms with Gasteiger partial charge in [0.2, 0.25) is 11.9 Å². The van der Waals surface area contributed by atoms with E-state index in [0.717, 1.165) is 36.3 Å². The van der Waals surface area contributed by atoms with Crippen molar-refractivity contribution in [2.45, 2.75) is 58.0 Å². The van der Waals surface area contributed by atoms with Crippen molar-refractivity contribution >= 4 is 17.7 Å². The van der Waals surface area contributed by atoms with Crippen molar-refractivity contribution in [3.63, 3.8) is 0 Å². The van der Waals surface area contributed by atoms with Gasteiger partial charge in [0.15, 0.2) is 0 Å². The van der Waals surface area contributed by atoms with E-state index in [1.54, 1.807) is 12.5 Å². The molecule has 0 aromatic carbocycles. The average Bonchev–Trinajstić information content (AvgIpc) is 3.18. The summed E-state index contributed by atoms with van der Waals surface area (Å²) in [4.78, 5) is 32.6. The number of amides is 1. The lowest BCUT2D eigenvalue weighted by atomic mass is 10.0. The second-order valence-corrected chi connectivity index (χ2v) is 8.92. The van der Waals surface area contributed by atoms with Gasteiger partial charge in [0.05, 0.1) is 11.2 Å². The summed E-state index contributed by atoms with van der Waals surface area (Å²) in [5.74, 6) is 2.55. The number of aryl methyl sites for hydroxylation is 1. The molecule has 1 atom stereocenters. The Hall–Kier alpha value is -3.29. The molecule has 8 heteroatoms. The van der Waals surface area contributed by atoms with Crippen molar-refractivity contribution in [2.24, 2.45) is 5.92 Å². The first-order valence-electron chi connectivity index (χ1n) is 10.9. The van der Waals surface area contributed by atoms with E-state index in [-0.39, 0.29) is 17.5 Å². The van der Waals surface area contributed by atoms with Crippen LogP contribution < -0.4 is 10.2 Å². The Balaban J connectivity index is 1.38. The largest absolute Gasteiger partial charge is 0.343 e. The highest BCUT2D eigenvalue weighted by atomic mass is 16.2. The molecule has 5 rings (SSSR count). The minimum Gasteiger partial charge on any atom is -0.343 e. The standard InChI is InChI=1S/C23H27N7O/c1-15(2)17-5-7-21(31)30(17)20-8-11-24-22(27-20)28-23(9-10-23)18-13-29(14-26-18)19-6-4-16(3)12-25-19/h4,6,8,11-15,17H,5,7,9-10H2,1-3H3,(H,24,27,28)/t17-/m1/s1. The zero-order chi connectivity index (χ0) is 21.6. The van der Waals surface area contributed by atoms with E-state index in [1.807, 2.05) is 47.0 Å². The van der Waals surface area contributed by atoms with Crippen LogP contribution in [0.1, 0.15) is 50.8 Å². The van der Waals surface area contributed by atoms with Gasteiger partial charge in [-0.05, 0) is 49.8 Å². The lowest BCUT2D eigenvalue weighted by Gasteiger charge is -2.27. The minimum atomic E-state index is -0.277. The normalized spacial score (nSPS) is 19.8. The van der Waals surface area contributed by atoms with Gasteiger partial charge >= 0.3 is 0 Å². The first-order chi connectivity index (χ1) is 14.9. The molecule has 1 aliphatic heterocycles. The molecule has 0 spiro atoms. The van der Waals surface area contributed by atoms with Gasteiger partial charge < -0.3 is 5.32 Å². The zero-order valence-electron chi connectivity index (χ0n) is 18.1. The van der Waals surface area contributed by atoms with E-state index in [0.29, 0.717) is 24.1 Å². The fourth-order valence-corrected chi connectivity index (χ4v) is 4.27. The van der Waals surface area contributed by atoms with E-state index >= 15 is 0 Å². The molecule has 1 saturated heterocycles. The Bertz CT molecular complexity index is 1100. The van der Waals surface area contributed by atoms with Crippen LogP contribution in [-0.2, 0) is 10.3 Å². The predicted octanol–water partition coefficient (Wildman–Crippen LogP) is 3.62. The van der Waals surface area contributed by atoms with Crippen molar-refractivity contribution in [1.29, 1.82) is 0 Å². The van der Waals surface area contributed by atoms with E-state index in [9.17, 15) is 4.79 Å². The molecule has 3 aromatic heterocycles. The van der Waals surface area contributed by atoms with Gasteiger partial charge in [-0.1, -0.05) is 19.9 Å². The molecule has 2 fully saturated rings. The van der Waals surface area contributed by atoms with Gasteiger partial charge in [-0.2, -0.15) is 4.98 Å². The summed E-state index contributed by atoms with van der Waals surface area (Å²) >= 11 is 0. The molecule has 2 aliphatic rings. The number of carbonyl (C=O) groups is 1. The third kappa shape index (κ3) is 3.66. The van der Waals surface area contributed by atoms with E-state index in [4.69, 9.17) is 4.98 Å². The van der Waals surface area contributed by atoms with Crippen LogP contribution in [0.5, 0.6) is 0 Å². The van der Waals surface area contributed by atoms with Crippen molar-refractivity contribution in [2.75, 3.05) is 10.2 Å². The fourth-order valence-electron chi connectivity index (χ4n) is 4.27. The lowest BCUT2D eigenvalue weighted by molar-refractivity contribution is -0.117. The maximum absolute atomic E-state index is 12.5. The van der Waals surface area contributed by atoms with E-state index < -0.39 is 0 Å². The van der Waals surface area contributed by atoms with Gasteiger partial charge in [0.1, 0.15) is 18.0 Å². The smallest absolute Gasteiger partial charge is 0.228 e. The first-order valence-corrected chi connectivity index (χ1v) is 10.9. The first kappa shape index (κ1) is 19.7. The molecule has 1 N–H and O–H groups in total. The second-order valence-electron chi connectivity index (χ2n) is 8.92. The monoisotopic (exact) mass is 417 g/mol. The summed E-state index contributed by atoms with van der Waals surface area (Å²) in [7, 11) is 0. The number of nitrogens with one attached hydrogen (secondary N) is 1. The van der Waals surface area contributed by atoms with Gasteiger partial charge in [0, 0.05) is 31.1 Å². The Morgan fingerprint density at radius 3 is 2.68 bits per heavy atom. The molecule has 0 bridgehead atoms. The summed E-state index contributed by atoms with van der Waals surface area (Å²) in [5.41, 5.74) is 1.79. The van der Waals surface area contributed by atoms with Gasteiger partial charge in [-0.15, -0.1) is 0 Å². The molecular formula is C23H27N7O. The Labute approximate surface area is 181 Å². The maximum atomic E-state index is 12.5. The molecule has 8 nitrogen and oxygen atoms in total. The topological polar surface area (TPSA) is 88.8 Å². The number of aromatic nitrogens is 5. The van der Waals surface area contributed by atoms with Crippen LogP contribution in [0.4, 0.5) is 11.8 Å².